The van der Waals surface area contributed by atoms with E-state index >= 15 is 0 Å². The highest BCUT2D eigenvalue weighted by molar-refractivity contribution is 5.43. The van der Waals surface area contributed by atoms with E-state index in [0.29, 0.717) is 12.5 Å². The van der Waals surface area contributed by atoms with E-state index < -0.39 is 0 Å². The summed E-state index contributed by atoms with van der Waals surface area (Å²) in [4.78, 5) is 21.5. The Bertz CT molecular complexity index is 730. The van der Waals surface area contributed by atoms with E-state index in [1.165, 1.54) is 6.33 Å². The summed E-state index contributed by atoms with van der Waals surface area (Å²) in [6.45, 7) is 2.43. The summed E-state index contributed by atoms with van der Waals surface area (Å²) < 4.78 is 11.5. The van der Waals surface area contributed by atoms with Crippen LogP contribution in [-0.2, 0) is 4.74 Å². The van der Waals surface area contributed by atoms with Crippen molar-refractivity contribution in [1.29, 1.82) is 0 Å². The number of hydrogen-bond acceptors (Lipinski definition) is 8. The van der Waals surface area contributed by atoms with Gasteiger partial charge < -0.3 is 19.3 Å². The molecule has 4 rings (SSSR count). The number of ether oxygens (including phenoxy) is 2. The number of methoxy groups -OCH3 is 1. The standard InChI is InChI=1S/C17H22N6O2/c1-22(16-18-5-3-6-19-16)13-9-17(25-10-13)4-7-23(11-17)14-8-15(24-2)21-12-20-14/h3,5-6,8,12-13H,4,7,9-11H2,1-2H3/t13-,17-/m0/s1. The smallest absolute Gasteiger partial charge is 0.225 e. The molecule has 8 nitrogen and oxygen atoms in total. The molecule has 2 fully saturated rings. The first kappa shape index (κ1) is 16.0. The Balaban J connectivity index is 1.44. The highest BCUT2D eigenvalue weighted by Crippen LogP contribution is 2.38. The van der Waals surface area contributed by atoms with E-state index in [1.54, 1.807) is 19.5 Å². The summed E-state index contributed by atoms with van der Waals surface area (Å²) in [5.74, 6) is 2.20. The molecule has 0 unspecified atom stereocenters. The van der Waals surface area contributed by atoms with Crippen molar-refractivity contribution in [1.82, 2.24) is 19.9 Å². The van der Waals surface area contributed by atoms with Crippen molar-refractivity contribution in [2.75, 3.05) is 43.7 Å². The third kappa shape index (κ3) is 3.09. The molecule has 0 bridgehead atoms. The van der Waals surface area contributed by atoms with Gasteiger partial charge in [0.05, 0.1) is 25.4 Å². The van der Waals surface area contributed by atoms with Gasteiger partial charge in [0.2, 0.25) is 11.8 Å². The average Bonchev–Trinajstić information content (AvgIpc) is 3.29. The van der Waals surface area contributed by atoms with Crippen molar-refractivity contribution in [3.8, 4) is 5.88 Å². The second-order valence-electron chi connectivity index (χ2n) is 6.60. The fourth-order valence-electron chi connectivity index (χ4n) is 3.64. The minimum absolute atomic E-state index is 0.133. The Kier molecular flexibility index (Phi) is 4.12. The van der Waals surface area contributed by atoms with Gasteiger partial charge in [0.1, 0.15) is 12.1 Å². The number of hydrogen-bond donors (Lipinski definition) is 0. The summed E-state index contributed by atoms with van der Waals surface area (Å²) in [5.41, 5.74) is -0.133. The SMILES string of the molecule is COc1cc(N2CC[C@]3(C[C@H](N(C)c4ncccn4)CO3)C2)ncn1. The number of likely N-dealkylation sites (N-methyl/N-ethyl adjacent to an activating group) is 1. The monoisotopic (exact) mass is 342 g/mol. The first-order valence-electron chi connectivity index (χ1n) is 8.44. The van der Waals surface area contributed by atoms with E-state index in [1.807, 2.05) is 19.2 Å². The summed E-state index contributed by atoms with van der Waals surface area (Å²) in [6, 6.07) is 3.98. The van der Waals surface area contributed by atoms with Gasteiger partial charge in [0, 0.05) is 45.0 Å². The Morgan fingerprint density at radius 1 is 1.28 bits per heavy atom. The van der Waals surface area contributed by atoms with Crippen molar-refractivity contribution >= 4 is 11.8 Å². The molecular weight excluding hydrogens is 320 g/mol. The van der Waals surface area contributed by atoms with Gasteiger partial charge in [-0.05, 0) is 12.5 Å². The lowest BCUT2D eigenvalue weighted by atomic mass is 9.97. The molecule has 8 heteroatoms. The largest absolute Gasteiger partial charge is 0.481 e. The maximum atomic E-state index is 6.25. The molecule has 0 N–H and O–H groups in total. The van der Waals surface area contributed by atoms with Crippen molar-refractivity contribution in [2.24, 2.45) is 0 Å². The van der Waals surface area contributed by atoms with Gasteiger partial charge in [-0.25, -0.2) is 19.9 Å². The minimum atomic E-state index is -0.133. The topological polar surface area (TPSA) is 76.5 Å². The van der Waals surface area contributed by atoms with Crippen LogP contribution in [0.3, 0.4) is 0 Å². The van der Waals surface area contributed by atoms with Crippen LogP contribution in [-0.4, -0.2) is 65.4 Å². The Morgan fingerprint density at radius 2 is 2.12 bits per heavy atom. The molecular formula is C17H22N6O2. The third-order valence-electron chi connectivity index (χ3n) is 5.08. The van der Waals surface area contributed by atoms with Crippen LogP contribution in [0, 0.1) is 0 Å². The minimum Gasteiger partial charge on any atom is -0.481 e. The molecule has 2 aromatic heterocycles. The van der Waals surface area contributed by atoms with Gasteiger partial charge in [0.15, 0.2) is 0 Å². The number of aromatic nitrogens is 4. The molecule has 25 heavy (non-hydrogen) atoms. The maximum Gasteiger partial charge on any atom is 0.225 e. The second-order valence-corrected chi connectivity index (χ2v) is 6.60. The first-order valence-corrected chi connectivity index (χ1v) is 8.44. The lowest BCUT2D eigenvalue weighted by Gasteiger charge is -2.26. The predicted octanol–water partition coefficient (Wildman–Crippen LogP) is 1.15. The van der Waals surface area contributed by atoms with E-state index in [2.05, 4.69) is 29.7 Å². The highest BCUT2D eigenvalue weighted by Gasteiger charge is 2.47. The number of rotatable bonds is 4. The van der Waals surface area contributed by atoms with E-state index in [4.69, 9.17) is 9.47 Å². The van der Waals surface area contributed by atoms with Gasteiger partial charge in [-0.2, -0.15) is 0 Å². The normalized spacial score (nSPS) is 25.5. The fraction of sp³-hybridized carbons (Fsp3) is 0.529. The maximum absolute atomic E-state index is 6.25. The molecule has 2 aliphatic rings. The molecule has 0 aromatic carbocycles. The first-order chi connectivity index (χ1) is 12.2. The third-order valence-corrected chi connectivity index (χ3v) is 5.08. The van der Waals surface area contributed by atoms with Gasteiger partial charge in [0.25, 0.3) is 0 Å². The summed E-state index contributed by atoms with van der Waals surface area (Å²) in [5, 5.41) is 0. The van der Waals surface area contributed by atoms with Crippen molar-refractivity contribution in [2.45, 2.75) is 24.5 Å². The van der Waals surface area contributed by atoms with Crippen LogP contribution in [0.25, 0.3) is 0 Å². The Morgan fingerprint density at radius 3 is 2.92 bits per heavy atom. The summed E-state index contributed by atoms with van der Waals surface area (Å²) >= 11 is 0. The van der Waals surface area contributed by atoms with Gasteiger partial charge >= 0.3 is 0 Å². The number of anilines is 2. The van der Waals surface area contributed by atoms with Crippen LogP contribution in [0.4, 0.5) is 11.8 Å². The van der Waals surface area contributed by atoms with E-state index in [9.17, 15) is 0 Å². The van der Waals surface area contributed by atoms with E-state index in [0.717, 1.165) is 37.7 Å². The molecule has 4 heterocycles. The molecule has 0 radical (unpaired) electrons. The Hall–Kier alpha value is -2.48. The fourth-order valence-corrected chi connectivity index (χ4v) is 3.64. The van der Waals surface area contributed by atoms with Crippen LogP contribution in [0.15, 0.2) is 30.9 Å². The molecule has 2 atom stereocenters. The lowest BCUT2D eigenvalue weighted by molar-refractivity contribution is 0.0226. The lowest BCUT2D eigenvalue weighted by Crippen LogP contribution is -2.37. The average molecular weight is 342 g/mol. The molecule has 2 aliphatic heterocycles. The van der Waals surface area contributed by atoms with Gasteiger partial charge in [-0.15, -0.1) is 0 Å². The van der Waals surface area contributed by atoms with Crippen LogP contribution in [0.1, 0.15) is 12.8 Å². The zero-order valence-electron chi connectivity index (χ0n) is 14.5. The molecule has 0 amide bonds. The Labute approximate surface area is 146 Å². The predicted molar refractivity (Wildman–Crippen MR) is 92.9 cm³/mol. The molecule has 2 saturated heterocycles. The zero-order valence-corrected chi connectivity index (χ0v) is 14.5. The molecule has 132 valence electrons. The molecule has 0 aliphatic carbocycles. The van der Waals surface area contributed by atoms with Crippen molar-refractivity contribution in [3.63, 3.8) is 0 Å². The van der Waals surface area contributed by atoms with Crippen LogP contribution in [0.2, 0.25) is 0 Å². The second kappa shape index (κ2) is 6.44. The molecule has 0 saturated carbocycles. The van der Waals surface area contributed by atoms with Crippen molar-refractivity contribution in [3.05, 3.63) is 30.9 Å². The summed E-state index contributed by atoms with van der Waals surface area (Å²) in [7, 11) is 3.65. The summed E-state index contributed by atoms with van der Waals surface area (Å²) in [6.07, 6.45) is 7.02. The van der Waals surface area contributed by atoms with Crippen LogP contribution in [0.5, 0.6) is 5.88 Å². The van der Waals surface area contributed by atoms with Crippen LogP contribution < -0.4 is 14.5 Å². The zero-order chi connectivity index (χ0) is 17.3. The van der Waals surface area contributed by atoms with Crippen LogP contribution >= 0.6 is 0 Å². The van der Waals surface area contributed by atoms with E-state index in [-0.39, 0.29) is 11.6 Å². The van der Waals surface area contributed by atoms with Gasteiger partial charge in [-0.1, -0.05) is 0 Å². The molecule has 1 spiro atoms. The quantitative estimate of drug-likeness (QED) is 0.819. The number of nitrogens with zero attached hydrogens (tertiary/aromatic N) is 6. The van der Waals surface area contributed by atoms with Crippen molar-refractivity contribution < 1.29 is 9.47 Å². The van der Waals surface area contributed by atoms with Gasteiger partial charge in [-0.3, -0.25) is 0 Å². The highest BCUT2D eigenvalue weighted by atomic mass is 16.5. The molecule has 2 aromatic rings.